The third-order valence-electron chi connectivity index (χ3n) is 3.64. The molecule has 0 unspecified atom stereocenters. The van der Waals surface area contributed by atoms with E-state index in [1.165, 1.54) is 36.0 Å². The Hall–Kier alpha value is -3.77. The van der Waals surface area contributed by atoms with E-state index < -0.39 is 11.9 Å². The predicted octanol–water partition coefficient (Wildman–Crippen LogP) is 2.99. The van der Waals surface area contributed by atoms with Crippen LogP contribution in [0.15, 0.2) is 59.9 Å². The first-order valence-electron chi connectivity index (χ1n) is 8.01. The van der Waals surface area contributed by atoms with E-state index in [-0.39, 0.29) is 22.5 Å². The minimum Gasteiger partial charge on any atom is -0.478 e. The van der Waals surface area contributed by atoms with Crippen LogP contribution in [0.4, 0.5) is 5.69 Å². The van der Waals surface area contributed by atoms with Crippen molar-refractivity contribution in [1.29, 1.82) is 5.26 Å². The van der Waals surface area contributed by atoms with Crippen molar-refractivity contribution in [2.75, 3.05) is 5.32 Å². The Balaban J connectivity index is 1.68. The van der Waals surface area contributed by atoms with Gasteiger partial charge in [-0.3, -0.25) is 9.78 Å². The molecular formula is C19H13N5O3S. The van der Waals surface area contributed by atoms with Crippen molar-refractivity contribution >= 4 is 29.3 Å². The fourth-order valence-corrected chi connectivity index (χ4v) is 3.01. The summed E-state index contributed by atoms with van der Waals surface area (Å²) < 4.78 is 0. The van der Waals surface area contributed by atoms with Crippen LogP contribution in [0.5, 0.6) is 0 Å². The topological polar surface area (TPSA) is 129 Å². The molecule has 9 heteroatoms. The fourth-order valence-electron chi connectivity index (χ4n) is 2.24. The summed E-state index contributed by atoms with van der Waals surface area (Å²) in [6.07, 6.45) is 3.42. The molecule has 0 bridgehead atoms. The van der Waals surface area contributed by atoms with Crippen molar-refractivity contribution in [3.63, 3.8) is 0 Å². The number of carbonyl (C=O) groups is 2. The van der Waals surface area contributed by atoms with Crippen LogP contribution < -0.4 is 5.32 Å². The van der Waals surface area contributed by atoms with E-state index in [4.69, 9.17) is 5.26 Å². The minimum atomic E-state index is -1.25. The Bertz CT molecular complexity index is 1050. The van der Waals surface area contributed by atoms with Gasteiger partial charge in [0, 0.05) is 18.1 Å². The van der Waals surface area contributed by atoms with Crippen LogP contribution >= 0.6 is 11.8 Å². The zero-order chi connectivity index (χ0) is 19.9. The summed E-state index contributed by atoms with van der Waals surface area (Å²) in [4.78, 5) is 27.7. The molecule has 0 aliphatic carbocycles. The number of carboxylic acid groups (broad SMARTS) is 1. The van der Waals surface area contributed by atoms with Gasteiger partial charge in [-0.25, -0.2) is 4.79 Å². The van der Waals surface area contributed by atoms with Crippen molar-refractivity contribution in [1.82, 2.24) is 15.2 Å². The predicted molar refractivity (Wildman–Crippen MR) is 102 cm³/mol. The highest BCUT2D eigenvalue weighted by Gasteiger charge is 2.15. The molecule has 1 aromatic carbocycles. The summed E-state index contributed by atoms with van der Waals surface area (Å²) in [5.41, 5.74) is 1.23. The summed E-state index contributed by atoms with van der Waals surface area (Å²) in [7, 11) is 0. The maximum Gasteiger partial charge on any atom is 0.337 e. The van der Waals surface area contributed by atoms with Gasteiger partial charge in [0.15, 0.2) is 5.69 Å². The second-order valence-electron chi connectivity index (χ2n) is 5.53. The standard InChI is InChI=1S/C19H13N5O3S/c20-10-13-1-2-15(14(9-13)19(26)27)22-18(25)16-3-4-17(24-23-16)28-11-12-5-7-21-8-6-12/h1-9H,11H2,(H,22,25)(H,26,27). The summed E-state index contributed by atoms with van der Waals surface area (Å²) in [6, 6.07) is 12.8. The molecule has 0 saturated heterocycles. The number of nitrogens with one attached hydrogen (secondary N) is 1. The summed E-state index contributed by atoms with van der Waals surface area (Å²) in [6.45, 7) is 0. The average molecular weight is 391 g/mol. The molecule has 2 N–H and O–H groups in total. The van der Waals surface area contributed by atoms with Gasteiger partial charge in [-0.1, -0.05) is 11.8 Å². The van der Waals surface area contributed by atoms with Crippen LogP contribution in [0.3, 0.4) is 0 Å². The van der Waals surface area contributed by atoms with E-state index in [2.05, 4.69) is 20.5 Å². The van der Waals surface area contributed by atoms with Crippen molar-refractivity contribution < 1.29 is 14.7 Å². The van der Waals surface area contributed by atoms with Crippen molar-refractivity contribution in [3.8, 4) is 6.07 Å². The largest absolute Gasteiger partial charge is 0.478 e. The van der Waals surface area contributed by atoms with Gasteiger partial charge >= 0.3 is 5.97 Å². The van der Waals surface area contributed by atoms with Gasteiger partial charge in [0.1, 0.15) is 5.03 Å². The Morgan fingerprint density at radius 1 is 1.11 bits per heavy atom. The second-order valence-corrected chi connectivity index (χ2v) is 6.53. The molecule has 8 nitrogen and oxygen atoms in total. The lowest BCUT2D eigenvalue weighted by molar-refractivity contribution is 0.0698. The molecule has 0 atom stereocenters. The van der Waals surface area contributed by atoms with Gasteiger partial charge in [-0.15, -0.1) is 10.2 Å². The molecule has 2 heterocycles. The molecule has 0 spiro atoms. The van der Waals surface area contributed by atoms with Crippen molar-refractivity contribution in [3.05, 3.63) is 77.2 Å². The number of nitriles is 1. The number of carboxylic acids is 1. The zero-order valence-corrected chi connectivity index (χ0v) is 15.2. The van der Waals surface area contributed by atoms with Crippen LogP contribution in [-0.2, 0) is 5.75 Å². The van der Waals surface area contributed by atoms with Gasteiger partial charge in [0.05, 0.1) is 22.9 Å². The van der Waals surface area contributed by atoms with Gasteiger partial charge in [-0.2, -0.15) is 5.26 Å². The monoisotopic (exact) mass is 391 g/mol. The maximum atomic E-state index is 12.3. The van der Waals surface area contributed by atoms with Crippen LogP contribution in [0.25, 0.3) is 0 Å². The first-order valence-corrected chi connectivity index (χ1v) is 8.99. The van der Waals surface area contributed by atoms with Crippen LogP contribution in [0.1, 0.15) is 32.0 Å². The Morgan fingerprint density at radius 3 is 2.54 bits per heavy atom. The third kappa shape index (κ3) is 4.69. The summed E-state index contributed by atoms with van der Waals surface area (Å²) in [5.74, 6) is -1.15. The van der Waals surface area contributed by atoms with Gasteiger partial charge < -0.3 is 10.4 Å². The highest BCUT2D eigenvalue weighted by atomic mass is 32.2. The van der Waals surface area contributed by atoms with Gasteiger partial charge in [0.2, 0.25) is 0 Å². The number of anilines is 1. The number of hydrogen-bond donors (Lipinski definition) is 2. The molecule has 0 aliphatic heterocycles. The molecule has 0 saturated carbocycles. The van der Waals surface area contributed by atoms with Crippen molar-refractivity contribution in [2.24, 2.45) is 0 Å². The molecule has 1 amide bonds. The van der Waals surface area contributed by atoms with E-state index in [0.717, 1.165) is 5.56 Å². The summed E-state index contributed by atoms with van der Waals surface area (Å²) >= 11 is 1.47. The van der Waals surface area contributed by atoms with E-state index in [1.807, 2.05) is 18.2 Å². The van der Waals surface area contributed by atoms with E-state index in [1.54, 1.807) is 18.5 Å². The smallest absolute Gasteiger partial charge is 0.337 e. The Kier molecular flexibility index (Phi) is 5.94. The first-order chi connectivity index (χ1) is 13.6. The lowest BCUT2D eigenvalue weighted by atomic mass is 10.1. The van der Waals surface area contributed by atoms with Crippen LogP contribution in [0.2, 0.25) is 0 Å². The number of amides is 1. The molecule has 2 aromatic heterocycles. The number of rotatable bonds is 6. The summed E-state index contributed by atoms with van der Waals surface area (Å²) in [5, 5.41) is 29.2. The third-order valence-corrected chi connectivity index (χ3v) is 4.63. The highest BCUT2D eigenvalue weighted by molar-refractivity contribution is 7.98. The quantitative estimate of drug-likeness (QED) is 0.614. The molecule has 0 fully saturated rings. The van der Waals surface area contributed by atoms with Crippen molar-refractivity contribution in [2.45, 2.75) is 10.8 Å². The number of benzene rings is 1. The number of pyridine rings is 1. The highest BCUT2D eigenvalue weighted by Crippen LogP contribution is 2.21. The van der Waals surface area contributed by atoms with E-state index >= 15 is 0 Å². The normalized spacial score (nSPS) is 10.1. The second kappa shape index (κ2) is 8.75. The minimum absolute atomic E-state index is 0.0500. The molecular weight excluding hydrogens is 378 g/mol. The number of carbonyl (C=O) groups excluding carboxylic acids is 1. The van der Waals surface area contributed by atoms with E-state index in [0.29, 0.717) is 10.8 Å². The lowest BCUT2D eigenvalue weighted by Crippen LogP contribution is -2.16. The van der Waals surface area contributed by atoms with Gasteiger partial charge in [0.25, 0.3) is 5.91 Å². The number of hydrogen-bond acceptors (Lipinski definition) is 7. The number of thioether (sulfide) groups is 1. The molecule has 28 heavy (non-hydrogen) atoms. The zero-order valence-electron chi connectivity index (χ0n) is 14.4. The molecule has 3 aromatic rings. The average Bonchev–Trinajstić information content (AvgIpc) is 2.73. The molecule has 0 aliphatic rings. The molecule has 0 radical (unpaired) electrons. The Morgan fingerprint density at radius 2 is 1.89 bits per heavy atom. The number of nitrogens with zero attached hydrogens (tertiary/aromatic N) is 4. The maximum absolute atomic E-state index is 12.3. The van der Waals surface area contributed by atoms with Gasteiger partial charge in [-0.05, 0) is 48.0 Å². The number of aromatic carboxylic acids is 1. The molecule has 138 valence electrons. The van der Waals surface area contributed by atoms with E-state index in [9.17, 15) is 14.7 Å². The fraction of sp³-hybridized carbons (Fsp3) is 0.0526. The van der Waals surface area contributed by atoms with Crippen LogP contribution in [0, 0.1) is 11.3 Å². The first kappa shape index (κ1) is 19.0. The Labute approximate surface area is 164 Å². The lowest BCUT2D eigenvalue weighted by Gasteiger charge is -2.08. The number of aromatic nitrogens is 3. The molecule has 3 rings (SSSR count). The SMILES string of the molecule is N#Cc1ccc(NC(=O)c2ccc(SCc3ccncc3)nn2)c(C(=O)O)c1. The van der Waals surface area contributed by atoms with Crippen LogP contribution in [-0.4, -0.2) is 32.2 Å².